The Labute approximate surface area is 126 Å². The summed E-state index contributed by atoms with van der Waals surface area (Å²) in [5, 5.41) is 16.6. The second-order valence-corrected chi connectivity index (χ2v) is 5.47. The molecule has 5 nitrogen and oxygen atoms in total. The van der Waals surface area contributed by atoms with Crippen LogP contribution in [0.25, 0.3) is 21.8 Å². The Balaban J connectivity index is 1.84. The maximum atomic E-state index is 11.0. The Morgan fingerprint density at radius 3 is 2.82 bits per heavy atom. The van der Waals surface area contributed by atoms with Crippen LogP contribution in [0.5, 0.6) is 0 Å². The highest BCUT2D eigenvalue weighted by atomic mass is 16.1. The van der Waals surface area contributed by atoms with Crippen molar-refractivity contribution in [3.8, 4) is 0 Å². The molecule has 0 amide bonds. The number of fused-ring (bicyclic) bond motifs is 2. The Bertz CT molecular complexity index is 983. The van der Waals surface area contributed by atoms with E-state index < -0.39 is 0 Å². The summed E-state index contributed by atoms with van der Waals surface area (Å²) < 4.78 is 0. The predicted molar refractivity (Wildman–Crippen MR) is 85.1 cm³/mol. The van der Waals surface area contributed by atoms with Crippen LogP contribution < -0.4 is 0 Å². The molecule has 0 spiro atoms. The third-order valence-corrected chi connectivity index (χ3v) is 4.13. The van der Waals surface area contributed by atoms with Crippen molar-refractivity contribution in [2.75, 3.05) is 0 Å². The summed E-state index contributed by atoms with van der Waals surface area (Å²) in [6.45, 7) is 2.12. The maximum Gasteiger partial charge on any atom is 0.150 e. The second-order valence-electron chi connectivity index (χ2n) is 5.47. The lowest BCUT2D eigenvalue weighted by Gasteiger charge is -2.10. The molecule has 2 aromatic heterocycles. The first-order valence-electron chi connectivity index (χ1n) is 7.12. The summed E-state index contributed by atoms with van der Waals surface area (Å²) in [4.78, 5) is 11.0. The van der Waals surface area contributed by atoms with Crippen molar-refractivity contribution >= 4 is 28.1 Å². The van der Waals surface area contributed by atoms with Gasteiger partial charge in [0.1, 0.15) is 6.29 Å². The number of H-pyrrole nitrogens is 2. The van der Waals surface area contributed by atoms with Gasteiger partial charge in [-0.2, -0.15) is 10.2 Å². The number of benzene rings is 2. The van der Waals surface area contributed by atoms with E-state index in [0.29, 0.717) is 5.56 Å². The molecule has 5 heteroatoms. The van der Waals surface area contributed by atoms with Crippen LogP contribution in [0.4, 0.5) is 0 Å². The van der Waals surface area contributed by atoms with Crippen LogP contribution in [0, 0.1) is 0 Å². The molecular formula is C17H14N4O. The molecule has 0 aliphatic heterocycles. The first-order valence-corrected chi connectivity index (χ1v) is 7.12. The van der Waals surface area contributed by atoms with Crippen LogP contribution in [0.1, 0.15) is 34.5 Å². The van der Waals surface area contributed by atoms with Crippen molar-refractivity contribution in [2.45, 2.75) is 12.8 Å². The number of rotatable bonds is 3. The number of nitrogens with one attached hydrogen (secondary N) is 2. The first-order chi connectivity index (χ1) is 10.8. The smallest absolute Gasteiger partial charge is 0.150 e. The summed E-state index contributed by atoms with van der Waals surface area (Å²) in [6.07, 6.45) is 2.68. The van der Waals surface area contributed by atoms with Crippen molar-refractivity contribution in [3.63, 3.8) is 0 Å². The molecule has 0 radical (unpaired) electrons. The van der Waals surface area contributed by atoms with Crippen molar-refractivity contribution < 1.29 is 4.79 Å². The van der Waals surface area contributed by atoms with Gasteiger partial charge in [-0.1, -0.05) is 13.0 Å². The highest BCUT2D eigenvalue weighted by Crippen LogP contribution is 2.30. The molecule has 1 unspecified atom stereocenters. The average Bonchev–Trinajstić information content (AvgIpc) is 3.19. The van der Waals surface area contributed by atoms with Crippen LogP contribution in [0.3, 0.4) is 0 Å². The Kier molecular flexibility index (Phi) is 2.79. The van der Waals surface area contributed by atoms with Crippen LogP contribution in [0.15, 0.2) is 42.6 Å². The Morgan fingerprint density at radius 1 is 1.09 bits per heavy atom. The molecule has 0 aliphatic rings. The van der Waals surface area contributed by atoms with Crippen LogP contribution in [0.2, 0.25) is 0 Å². The second kappa shape index (κ2) is 4.80. The minimum Gasteiger partial charge on any atom is -0.298 e. The molecule has 2 heterocycles. The zero-order valence-electron chi connectivity index (χ0n) is 12.0. The fourth-order valence-corrected chi connectivity index (χ4v) is 2.84. The van der Waals surface area contributed by atoms with Crippen LogP contribution in [-0.4, -0.2) is 26.7 Å². The molecule has 0 saturated carbocycles. The van der Waals surface area contributed by atoms with Gasteiger partial charge in [0.25, 0.3) is 0 Å². The van der Waals surface area contributed by atoms with Gasteiger partial charge < -0.3 is 0 Å². The van der Waals surface area contributed by atoms with Crippen molar-refractivity contribution in [1.29, 1.82) is 0 Å². The van der Waals surface area contributed by atoms with Crippen LogP contribution >= 0.6 is 0 Å². The summed E-state index contributed by atoms with van der Waals surface area (Å²) in [6, 6.07) is 11.8. The minimum absolute atomic E-state index is 0.120. The molecule has 4 aromatic rings. The van der Waals surface area contributed by atoms with Gasteiger partial charge in [-0.3, -0.25) is 15.0 Å². The zero-order valence-corrected chi connectivity index (χ0v) is 12.0. The third kappa shape index (κ3) is 1.90. The average molecular weight is 290 g/mol. The van der Waals surface area contributed by atoms with E-state index in [2.05, 4.69) is 39.5 Å². The molecule has 0 saturated heterocycles. The number of carbonyl (C=O) groups is 1. The number of aldehydes is 1. The molecule has 2 N–H and O–H groups in total. The van der Waals surface area contributed by atoms with Gasteiger partial charge in [0.15, 0.2) is 0 Å². The monoisotopic (exact) mass is 290 g/mol. The first kappa shape index (κ1) is 12.8. The molecule has 0 fully saturated rings. The highest BCUT2D eigenvalue weighted by molar-refractivity contribution is 5.89. The fourth-order valence-electron chi connectivity index (χ4n) is 2.84. The molecule has 2 aromatic carbocycles. The highest BCUT2D eigenvalue weighted by Gasteiger charge is 2.16. The van der Waals surface area contributed by atoms with Crippen molar-refractivity contribution in [3.05, 3.63) is 59.4 Å². The molecule has 22 heavy (non-hydrogen) atoms. The molecule has 0 bridgehead atoms. The quantitative estimate of drug-likeness (QED) is 0.568. The summed E-state index contributed by atoms with van der Waals surface area (Å²) in [5.74, 6) is 0.120. The zero-order chi connectivity index (χ0) is 15.1. The fraction of sp³-hybridized carbons (Fsp3) is 0.118. The van der Waals surface area contributed by atoms with Crippen LogP contribution in [-0.2, 0) is 0 Å². The number of hydrogen-bond acceptors (Lipinski definition) is 3. The van der Waals surface area contributed by atoms with E-state index in [1.54, 1.807) is 6.07 Å². The van der Waals surface area contributed by atoms with Crippen molar-refractivity contribution in [2.24, 2.45) is 0 Å². The number of aromatic nitrogens is 4. The van der Waals surface area contributed by atoms with E-state index >= 15 is 0 Å². The largest absolute Gasteiger partial charge is 0.298 e. The molecule has 4 rings (SSSR count). The van der Waals surface area contributed by atoms with Gasteiger partial charge in [-0.15, -0.1) is 0 Å². The number of carbonyl (C=O) groups excluding carboxylic acids is 1. The Hall–Kier alpha value is -2.95. The summed E-state index contributed by atoms with van der Waals surface area (Å²) in [5.41, 5.74) is 4.73. The van der Waals surface area contributed by atoms with E-state index in [9.17, 15) is 4.79 Å². The minimum atomic E-state index is 0.120. The van der Waals surface area contributed by atoms with E-state index in [1.807, 2.05) is 24.4 Å². The van der Waals surface area contributed by atoms with Crippen molar-refractivity contribution in [1.82, 2.24) is 20.4 Å². The van der Waals surface area contributed by atoms with E-state index in [1.165, 1.54) is 5.56 Å². The normalized spacial score (nSPS) is 12.8. The third-order valence-electron chi connectivity index (χ3n) is 4.13. The van der Waals surface area contributed by atoms with Gasteiger partial charge in [0.05, 0.1) is 22.9 Å². The number of nitrogens with zero attached hydrogens (tertiary/aromatic N) is 2. The van der Waals surface area contributed by atoms with E-state index in [-0.39, 0.29) is 5.92 Å². The maximum absolute atomic E-state index is 11.0. The number of aromatic amines is 2. The van der Waals surface area contributed by atoms with Gasteiger partial charge in [0.2, 0.25) is 0 Å². The van der Waals surface area contributed by atoms with Gasteiger partial charge in [0, 0.05) is 22.3 Å². The Morgan fingerprint density at radius 2 is 1.95 bits per heavy atom. The number of hydrogen-bond donors (Lipinski definition) is 2. The van der Waals surface area contributed by atoms with E-state index in [0.717, 1.165) is 33.8 Å². The molecule has 0 aliphatic carbocycles. The lowest BCUT2D eigenvalue weighted by molar-refractivity contribution is 0.112. The van der Waals surface area contributed by atoms with Gasteiger partial charge in [-0.05, 0) is 35.9 Å². The summed E-state index contributed by atoms with van der Waals surface area (Å²) in [7, 11) is 0. The SMILES string of the molecule is CC(c1ccc2[nH]ncc2c1)c1n[nH]c2ccc(C=O)cc12. The summed E-state index contributed by atoms with van der Waals surface area (Å²) >= 11 is 0. The molecule has 108 valence electrons. The topological polar surface area (TPSA) is 74.4 Å². The predicted octanol–water partition coefficient (Wildman–Crippen LogP) is 3.40. The van der Waals surface area contributed by atoms with Gasteiger partial charge >= 0.3 is 0 Å². The standard InChI is InChI=1S/C17H14N4O/c1-10(12-3-5-15-13(7-12)8-18-19-15)17-14-6-11(9-22)2-4-16(14)20-21-17/h2-10H,1H3,(H,18,19)(H,20,21). The van der Waals surface area contributed by atoms with Gasteiger partial charge in [-0.25, -0.2) is 0 Å². The molecule has 1 atom stereocenters. The lowest BCUT2D eigenvalue weighted by atomic mass is 9.94. The molecular weight excluding hydrogens is 276 g/mol. The van der Waals surface area contributed by atoms with E-state index in [4.69, 9.17) is 0 Å². The lowest BCUT2D eigenvalue weighted by Crippen LogP contribution is -1.97.